The molecule has 0 aromatic rings. The zero-order valence-corrected chi connectivity index (χ0v) is 19.3. The fourth-order valence-electron chi connectivity index (χ4n) is 4.40. The van der Waals surface area contributed by atoms with E-state index in [0.29, 0.717) is 6.04 Å². The van der Waals surface area contributed by atoms with Gasteiger partial charge in [-0.25, -0.2) is 4.79 Å². The maximum absolute atomic E-state index is 12.5. The zero-order valence-electron chi connectivity index (χ0n) is 16.8. The van der Waals surface area contributed by atoms with Gasteiger partial charge in [-0.05, 0) is 51.6 Å². The number of carboxylic acid groups (broad SMARTS) is 1. The molecule has 2 heterocycles. The predicted molar refractivity (Wildman–Crippen MR) is 121 cm³/mol. The molecule has 3 fully saturated rings. The molecule has 1 aliphatic carbocycles. The summed E-state index contributed by atoms with van der Waals surface area (Å²) in [6.45, 7) is 5.80. The van der Waals surface area contributed by atoms with Crippen molar-refractivity contribution in [3.63, 3.8) is 0 Å². The van der Waals surface area contributed by atoms with Gasteiger partial charge < -0.3 is 26.0 Å². The van der Waals surface area contributed by atoms with Crippen LogP contribution in [0.3, 0.4) is 0 Å². The van der Waals surface area contributed by atoms with Crippen LogP contribution in [0.15, 0.2) is 0 Å². The number of carboxylic acids is 1. The van der Waals surface area contributed by atoms with Crippen LogP contribution < -0.4 is 16.0 Å². The number of piperidine rings is 1. The number of rotatable bonds is 5. The first-order valence-electron chi connectivity index (χ1n) is 10.1. The first-order valence-corrected chi connectivity index (χ1v) is 10.1. The quantitative estimate of drug-likeness (QED) is 0.478. The molecule has 2 amide bonds. The van der Waals surface area contributed by atoms with Crippen LogP contribution in [0, 0.1) is 0 Å². The molecule has 11 heteroatoms. The van der Waals surface area contributed by atoms with Gasteiger partial charge in [-0.3, -0.25) is 9.69 Å². The van der Waals surface area contributed by atoms with Gasteiger partial charge in [0.2, 0.25) is 0 Å². The molecule has 0 aromatic carbocycles. The molecule has 172 valence electrons. The second-order valence-electron chi connectivity index (χ2n) is 7.78. The van der Waals surface area contributed by atoms with Crippen molar-refractivity contribution < 1.29 is 14.7 Å². The number of urea groups is 1. The molecule has 1 saturated carbocycles. The zero-order chi connectivity index (χ0) is 18.4. The summed E-state index contributed by atoms with van der Waals surface area (Å²) in [6.07, 6.45) is 6.09. The average molecular weight is 477 g/mol. The highest BCUT2D eigenvalue weighted by Gasteiger charge is 2.29. The summed E-state index contributed by atoms with van der Waals surface area (Å²) in [5, 5.41) is 18.4. The third-order valence-corrected chi connectivity index (χ3v) is 6.02. The SMILES string of the molecule is Cl.Cl.Cl.O=C(O)CN[C@H]1CC[C@H](NC(=O)N2CCN(C3CCNCC3)CC2)CC1. The molecule has 29 heavy (non-hydrogen) atoms. The van der Waals surface area contributed by atoms with E-state index in [1.165, 1.54) is 12.8 Å². The Labute approximate surface area is 192 Å². The highest BCUT2D eigenvalue weighted by molar-refractivity contribution is 5.86. The Kier molecular flexibility index (Phi) is 14.2. The van der Waals surface area contributed by atoms with E-state index in [4.69, 9.17) is 5.11 Å². The minimum Gasteiger partial charge on any atom is -0.480 e. The van der Waals surface area contributed by atoms with Crippen molar-refractivity contribution in [3.05, 3.63) is 0 Å². The van der Waals surface area contributed by atoms with E-state index in [2.05, 4.69) is 20.9 Å². The van der Waals surface area contributed by atoms with Gasteiger partial charge in [-0.15, -0.1) is 37.2 Å². The first kappa shape index (κ1) is 28.5. The standard InChI is InChI=1S/C18H33N5O3.3ClH/c24-17(25)13-20-14-1-3-15(4-2-14)21-18(26)23-11-9-22(10-12-23)16-5-7-19-8-6-16;;;/h14-16,19-20H,1-13H2,(H,21,26)(H,24,25);3*1H/t14-,15-;;;. The summed E-state index contributed by atoms with van der Waals surface area (Å²) in [6, 6.07) is 1.22. The first-order chi connectivity index (χ1) is 12.6. The van der Waals surface area contributed by atoms with E-state index >= 15 is 0 Å². The molecule has 0 spiro atoms. The highest BCUT2D eigenvalue weighted by atomic mass is 35.5. The molecule has 2 aliphatic heterocycles. The molecule has 0 bridgehead atoms. The molecule has 3 rings (SSSR count). The summed E-state index contributed by atoms with van der Waals surface area (Å²) < 4.78 is 0. The number of hydrogen-bond donors (Lipinski definition) is 4. The molecule has 0 aromatic heterocycles. The van der Waals surface area contributed by atoms with Crippen molar-refractivity contribution in [2.75, 3.05) is 45.8 Å². The van der Waals surface area contributed by atoms with Crippen LogP contribution in [0.4, 0.5) is 4.79 Å². The maximum atomic E-state index is 12.5. The van der Waals surface area contributed by atoms with E-state index in [0.717, 1.165) is 65.0 Å². The number of halogens is 3. The Hall–Kier alpha value is -0.510. The van der Waals surface area contributed by atoms with Crippen molar-refractivity contribution in [1.29, 1.82) is 0 Å². The van der Waals surface area contributed by atoms with Gasteiger partial charge in [-0.2, -0.15) is 0 Å². The molecule has 2 saturated heterocycles. The Morgan fingerprint density at radius 3 is 1.97 bits per heavy atom. The van der Waals surface area contributed by atoms with Gasteiger partial charge in [0.1, 0.15) is 0 Å². The number of carbonyl (C=O) groups is 2. The monoisotopic (exact) mass is 475 g/mol. The molecule has 4 N–H and O–H groups in total. The Morgan fingerprint density at radius 1 is 0.862 bits per heavy atom. The fourth-order valence-corrected chi connectivity index (χ4v) is 4.40. The fraction of sp³-hybridized carbons (Fsp3) is 0.889. The van der Waals surface area contributed by atoms with Crippen LogP contribution in [-0.2, 0) is 4.79 Å². The molecular formula is C18H36Cl3N5O3. The third kappa shape index (κ3) is 9.02. The number of aliphatic carboxylic acids is 1. The Bertz CT molecular complexity index is 481. The number of piperazine rings is 1. The van der Waals surface area contributed by atoms with Gasteiger partial charge in [0.15, 0.2) is 0 Å². The van der Waals surface area contributed by atoms with Gasteiger partial charge in [-0.1, -0.05) is 0 Å². The van der Waals surface area contributed by atoms with Crippen LogP contribution in [0.2, 0.25) is 0 Å². The maximum Gasteiger partial charge on any atom is 0.317 e. The summed E-state index contributed by atoms with van der Waals surface area (Å²) in [5.41, 5.74) is 0. The van der Waals surface area contributed by atoms with E-state index in [9.17, 15) is 9.59 Å². The van der Waals surface area contributed by atoms with Gasteiger partial charge >= 0.3 is 12.0 Å². The number of hydrogen-bond acceptors (Lipinski definition) is 5. The van der Waals surface area contributed by atoms with Crippen LogP contribution in [0.5, 0.6) is 0 Å². The molecular weight excluding hydrogens is 441 g/mol. The van der Waals surface area contributed by atoms with Crippen LogP contribution in [0.1, 0.15) is 38.5 Å². The van der Waals surface area contributed by atoms with Gasteiger partial charge in [0.25, 0.3) is 0 Å². The molecule has 0 unspecified atom stereocenters. The number of amides is 2. The minimum atomic E-state index is -0.816. The predicted octanol–water partition coefficient (Wildman–Crippen LogP) is 1.32. The summed E-state index contributed by atoms with van der Waals surface area (Å²) in [7, 11) is 0. The smallest absolute Gasteiger partial charge is 0.317 e. The second kappa shape index (κ2) is 14.5. The lowest BCUT2D eigenvalue weighted by Crippen LogP contribution is -2.57. The lowest BCUT2D eigenvalue weighted by atomic mass is 9.91. The highest BCUT2D eigenvalue weighted by Crippen LogP contribution is 2.19. The Balaban J connectivity index is 0.00000261. The Morgan fingerprint density at radius 2 is 1.41 bits per heavy atom. The van der Waals surface area contributed by atoms with Crippen LogP contribution >= 0.6 is 37.2 Å². The number of nitrogens with zero attached hydrogens (tertiary/aromatic N) is 2. The normalized spacial score (nSPS) is 25.7. The minimum absolute atomic E-state index is 0. The van der Waals surface area contributed by atoms with E-state index in [1.54, 1.807) is 0 Å². The van der Waals surface area contributed by atoms with Crippen molar-refractivity contribution >= 4 is 49.2 Å². The van der Waals surface area contributed by atoms with Gasteiger partial charge in [0, 0.05) is 44.3 Å². The third-order valence-electron chi connectivity index (χ3n) is 6.02. The van der Waals surface area contributed by atoms with Crippen molar-refractivity contribution in [1.82, 2.24) is 25.8 Å². The topological polar surface area (TPSA) is 96.9 Å². The molecule has 0 atom stereocenters. The summed E-state index contributed by atoms with van der Waals surface area (Å²) in [4.78, 5) is 27.7. The second-order valence-corrected chi connectivity index (χ2v) is 7.78. The van der Waals surface area contributed by atoms with Crippen LogP contribution in [-0.4, -0.2) is 90.8 Å². The number of carbonyl (C=O) groups excluding carboxylic acids is 1. The lowest BCUT2D eigenvalue weighted by Gasteiger charge is -2.41. The van der Waals surface area contributed by atoms with E-state index < -0.39 is 5.97 Å². The van der Waals surface area contributed by atoms with E-state index in [-0.39, 0.29) is 61.9 Å². The number of nitrogens with one attached hydrogen (secondary N) is 3. The summed E-state index contributed by atoms with van der Waals surface area (Å²) >= 11 is 0. The largest absolute Gasteiger partial charge is 0.480 e. The average Bonchev–Trinajstić information content (AvgIpc) is 2.68. The van der Waals surface area contributed by atoms with Gasteiger partial charge in [0.05, 0.1) is 6.54 Å². The molecule has 8 nitrogen and oxygen atoms in total. The summed E-state index contributed by atoms with van der Waals surface area (Å²) in [5.74, 6) is -0.816. The van der Waals surface area contributed by atoms with Crippen molar-refractivity contribution in [2.45, 2.75) is 56.7 Å². The van der Waals surface area contributed by atoms with Crippen molar-refractivity contribution in [3.8, 4) is 0 Å². The van der Waals surface area contributed by atoms with Crippen LogP contribution in [0.25, 0.3) is 0 Å². The molecule has 0 radical (unpaired) electrons. The molecule has 3 aliphatic rings. The van der Waals surface area contributed by atoms with Crippen molar-refractivity contribution in [2.24, 2.45) is 0 Å². The lowest BCUT2D eigenvalue weighted by molar-refractivity contribution is -0.136. The van der Waals surface area contributed by atoms with E-state index in [1.807, 2.05) is 4.90 Å².